The minimum atomic E-state index is -4.15. The summed E-state index contributed by atoms with van der Waals surface area (Å²) in [7, 11) is -7.82. The Balaban J connectivity index is 1.59. The number of para-hydroxylation sites is 1. The fourth-order valence-corrected chi connectivity index (χ4v) is 6.98. The summed E-state index contributed by atoms with van der Waals surface area (Å²) in [5.74, 6) is -1.17. The standard InChI is InChI=1S/C25H26N2O5S2/c1-20-12-14-24(15-13-20)34(31,32)27(22-8-4-2-5-9-22)25(28)21-16-18-26(19-17-21)33(29,30)23-10-6-3-7-11-23/h2-15,21H,16-19H2,1H3. The molecule has 1 aliphatic rings. The Morgan fingerprint density at radius 1 is 0.765 bits per heavy atom. The maximum atomic E-state index is 13.6. The molecule has 1 heterocycles. The number of amides is 1. The number of sulfonamides is 2. The fourth-order valence-electron chi connectivity index (χ4n) is 4.01. The van der Waals surface area contributed by atoms with Crippen molar-refractivity contribution < 1.29 is 21.6 Å². The van der Waals surface area contributed by atoms with Crippen LogP contribution in [0, 0.1) is 12.8 Å². The molecular formula is C25H26N2O5S2. The van der Waals surface area contributed by atoms with Crippen LogP contribution >= 0.6 is 0 Å². The van der Waals surface area contributed by atoms with Crippen LogP contribution < -0.4 is 4.31 Å². The zero-order valence-corrected chi connectivity index (χ0v) is 20.4. The van der Waals surface area contributed by atoms with Gasteiger partial charge in [-0.05, 0) is 56.2 Å². The van der Waals surface area contributed by atoms with Crippen LogP contribution in [0.2, 0.25) is 0 Å². The molecule has 3 aromatic carbocycles. The largest absolute Gasteiger partial charge is 0.273 e. The van der Waals surface area contributed by atoms with Gasteiger partial charge in [0.15, 0.2) is 0 Å². The molecule has 7 nitrogen and oxygen atoms in total. The monoisotopic (exact) mass is 498 g/mol. The number of anilines is 1. The van der Waals surface area contributed by atoms with Crippen molar-refractivity contribution in [3.05, 3.63) is 90.5 Å². The predicted molar refractivity (Wildman–Crippen MR) is 130 cm³/mol. The summed E-state index contributed by atoms with van der Waals surface area (Å²) in [6.07, 6.45) is 0.468. The SMILES string of the molecule is Cc1ccc(S(=O)(=O)N(C(=O)C2CCN(S(=O)(=O)c3ccccc3)CC2)c2ccccc2)cc1. The van der Waals surface area contributed by atoms with E-state index in [9.17, 15) is 21.6 Å². The normalized spacial score (nSPS) is 15.7. The molecule has 34 heavy (non-hydrogen) atoms. The summed E-state index contributed by atoms with van der Waals surface area (Å²) in [5, 5.41) is 0. The molecule has 0 aromatic heterocycles. The van der Waals surface area contributed by atoms with E-state index in [4.69, 9.17) is 0 Å². The Bertz CT molecular complexity index is 1350. The van der Waals surface area contributed by atoms with Crippen LogP contribution in [0.25, 0.3) is 0 Å². The lowest BCUT2D eigenvalue weighted by Crippen LogP contribution is -2.46. The number of hydrogen-bond donors (Lipinski definition) is 0. The summed E-state index contributed by atoms with van der Waals surface area (Å²) in [6.45, 7) is 2.13. The van der Waals surface area contributed by atoms with Gasteiger partial charge in [0.1, 0.15) is 0 Å². The lowest BCUT2D eigenvalue weighted by atomic mass is 9.97. The van der Waals surface area contributed by atoms with Crippen LogP contribution in [-0.2, 0) is 24.8 Å². The Kier molecular flexibility index (Phi) is 6.88. The fraction of sp³-hybridized carbons (Fsp3) is 0.240. The van der Waals surface area contributed by atoms with Crippen molar-refractivity contribution in [3.8, 4) is 0 Å². The molecule has 1 aliphatic heterocycles. The van der Waals surface area contributed by atoms with E-state index in [1.54, 1.807) is 60.7 Å². The molecule has 0 spiro atoms. The van der Waals surface area contributed by atoms with Crippen molar-refractivity contribution in [1.29, 1.82) is 0 Å². The molecule has 3 aromatic rings. The van der Waals surface area contributed by atoms with E-state index < -0.39 is 31.9 Å². The highest BCUT2D eigenvalue weighted by atomic mass is 32.2. The van der Waals surface area contributed by atoms with E-state index in [1.807, 2.05) is 6.92 Å². The van der Waals surface area contributed by atoms with E-state index in [0.29, 0.717) is 0 Å². The minimum Gasteiger partial charge on any atom is -0.273 e. The highest BCUT2D eigenvalue weighted by Crippen LogP contribution is 2.30. The Hall–Kier alpha value is -3.01. The topological polar surface area (TPSA) is 91.8 Å². The molecule has 1 saturated heterocycles. The number of benzene rings is 3. The average molecular weight is 499 g/mol. The summed E-state index contributed by atoms with van der Waals surface area (Å²) >= 11 is 0. The van der Waals surface area contributed by atoms with Crippen molar-refractivity contribution in [3.63, 3.8) is 0 Å². The zero-order valence-electron chi connectivity index (χ0n) is 18.7. The van der Waals surface area contributed by atoms with Gasteiger partial charge in [0.2, 0.25) is 15.9 Å². The Labute approximate surface area is 200 Å². The molecular weight excluding hydrogens is 472 g/mol. The van der Waals surface area contributed by atoms with Crippen molar-refractivity contribution >= 4 is 31.6 Å². The molecule has 0 radical (unpaired) electrons. The third-order valence-electron chi connectivity index (χ3n) is 5.93. The molecule has 4 rings (SSSR count). The summed E-state index contributed by atoms with van der Waals surface area (Å²) in [5.41, 5.74) is 1.16. The highest BCUT2D eigenvalue weighted by molar-refractivity contribution is 7.93. The van der Waals surface area contributed by atoms with Crippen LogP contribution in [0.4, 0.5) is 5.69 Å². The molecule has 9 heteroatoms. The number of rotatable bonds is 6. The van der Waals surface area contributed by atoms with E-state index >= 15 is 0 Å². The molecule has 0 N–H and O–H groups in total. The van der Waals surface area contributed by atoms with Gasteiger partial charge < -0.3 is 0 Å². The number of carbonyl (C=O) groups is 1. The van der Waals surface area contributed by atoms with Crippen LogP contribution in [0.1, 0.15) is 18.4 Å². The van der Waals surface area contributed by atoms with Crippen LogP contribution in [-0.4, -0.2) is 40.1 Å². The van der Waals surface area contributed by atoms with Gasteiger partial charge in [-0.25, -0.2) is 21.1 Å². The highest BCUT2D eigenvalue weighted by Gasteiger charge is 2.38. The third kappa shape index (κ3) is 4.77. The van der Waals surface area contributed by atoms with Gasteiger partial charge in [0.25, 0.3) is 10.0 Å². The van der Waals surface area contributed by atoms with Crippen LogP contribution in [0.5, 0.6) is 0 Å². The summed E-state index contributed by atoms with van der Waals surface area (Å²) in [6, 6.07) is 22.8. The molecule has 0 unspecified atom stereocenters. The maximum absolute atomic E-state index is 13.6. The van der Waals surface area contributed by atoms with Crippen molar-refractivity contribution in [2.45, 2.75) is 29.6 Å². The van der Waals surface area contributed by atoms with E-state index in [0.717, 1.165) is 9.87 Å². The Morgan fingerprint density at radius 2 is 1.29 bits per heavy atom. The molecule has 1 fully saturated rings. The first-order chi connectivity index (χ1) is 16.2. The van der Waals surface area contributed by atoms with Gasteiger partial charge in [0, 0.05) is 19.0 Å². The second-order valence-electron chi connectivity index (χ2n) is 8.25. The summed E-state index contributed by atoms with van der Waals surface area (Å²) in [4.78, 5) is 13.8. The molecule has 0 bridgehead atoms. The first-order valence-electron chi connectivity index (χ1n) is 11.0. The van der Waals surface area contributed by atoms with Crippen LogP contribution in [0.3, 0.4) is 0 Å². The molecule has 178 valence electrons. The van der Waals surface area contributed by atoms with E-state index in [-0.39, 0.29) is 41.4 Å². The van der Waals surface area contributed by atoms with Crippen LogP contribution in [0.15, 0.2) is 94.7 Å². The maximum Gasteiger partial charge on any atom is 0.270 e. The molecule has 0 atom stereocenters. The lowest BCUT2D eigenvalue weighted by Gasteiger charge is -2.33. The van der Waals surface area contributed by atoms with Crippen molar-refractivity contribution in [2.24, 2.45) is 5.92 Å². The Morgan fingerprint density at radius 3 is 1.85 bits per heavy atom. The molecule has 1 amide bonds. The number of carbonyl (C=O) groups excluding carboxylic acids is 1. The zero-order chi connectivity index (χ0) is 24.3. The molecule has 0 aliphatic carbocycles. The van der Waals surface area contributed by atoms with Gasteiger partial charge in [-0.15, -0.1) is 0 Å². The second-order valence-corrected chi connectivity index (χ2v) is 12.0. The molecule has 0 saturated carbocycles. The number of aryl methyl sites for hydroxylation is 1. The van der Waals surface area contributed by atoms with Gasteiger partial charge >= 0.3 is 0 Å². The number of nitrogens with zero attached hydrogens (tertiary/aromatic N) is 2. The predicted octanol–water partition coefficient (Wildman–Crippen LogP) is 3.82. The minimum absolute atomic E-state index is 0.0272. The van der Waals surface area contributed by atoms with Gasteiger partial charge in [-0.3, -0.25) is 4.79 Å². The smallest absolute Gasteiger partial charge is 0.270 e. The number of piperidine rings is 1. The van der Waals surface area contributed by atoms with Crippen molar-refractivity contribution in [1.82, 2.24) is 4.31 Å². The van der Waals surface area contributed by atoms with E-state index in [2.05, 4.69) is 0 Å². The van der Waals surface area contributed by atoms with Gasteiger partial charge in [0.05, 0.1) is 15.5 Å². The van der Waals surface area contributed by atoms with Gasteiger partial charge in [-0.2, -0.15) is 4.31 Å². The first-order valence-corrected chi connectivity index (χ1v) is 13.9. The lowest BCUT2D eigenvalue weighted by molar-refractivity contribution is -0.122. The average Bonchev–Trinajstić information content (AvgIpc) is 2.85. The summed E-state index contributed by atoms with van der Waals surface area (Å²) < 4.78 is 55.1. The quantitative estimate of drug-likeness (QED) is 0.515. The van der Waals surface area contributed by atoms with Crippen molar-refractivity contribution in [2.75, 3.05) is 17.4 Å². The van der Waals surface area contributed by atoms with Gasteiger partial charge in [-0.1, -0.05) is 54.1 Å². The first kappa shape index (κ1) is 24.1. The second kappa shape index (κ2) is 9.69. The number of hydrogen-bond acceptors (Lipinski definition) is 5. The van der Waals surface area contributed by atoms with E-state index in [1.165, 1.54) is 28.6 Å². The third-order valence-corrected chi connectivity index (χ3v) is 9.59.